The number of carbonyl (C=O) groups is 4. The Morgan fingerprint density at radius 2 is 1.98 bits per heavy atom. The lowest BCUT2D eigenvalue weighted by atomic mass is 10.0. The Morgan fingerprint density at radius 1 is 1.22 bits per heavy atom. The summed E-state index contributed by atoms with van der Waals surface area (Å²) >= 11 is 2.83. The number of esters is 1. The van der Waals surface area contributed by atoms with E-state index in [2.05, 4.69) is 5.32 Å². The molecule has 2 aliphatic heterocycles. The fraction of sp³-hybridized carbons (Fsp3) is 0.379. The molecule has 12 heteroatoms. The Balaban J connectivity index is 1.31. The van der Waals surface area contributed by atoms with Crippen molar-refractivity contribution in [3.05, 3.63) is 65.9 Å². The molecular formula is C29H35N4O6S2+. The number of aliphatic carboxylic acids is 1. The van der Waals surface area contributed by atoms with E-state index in [9.17, 15) is 24.3 Å². The second-order valence-electron chi connectivity index (χ2n) is 10.5. The zero-order valence-electron chi connectivity index (χ0n) is 23.1. The normalized spacial score (nSPS) is 18.8. The molecule has 0 unspecified atom stereocenters. The van der Waals surface area contributed by atoms with Crippen LogP contribution in [0.5, 0.6) is 0 Å². The van der Waals surface area contributed by atoms with E-state index >= 15 is 0 Å². The highest BCUT2D eigenvalue weighted by atomic mass is 32.2. The van der Waals surface area contributed by atoms with Gasteiger partial charge in [0.1, 0.15) is 17.1 Å². The predicted octanol–water partition coefficient (Wildman–Crippen LogP) is 2.20. The average Bonchev–Trinajstić information content (AvgIpc) is 2.96. The summed E-state index contributed by atoms with van der Waals surface area (Å²) in [7, 11) is 4.05. The van der Waals surface area contributed by atoms with Crippen molar-refractivity contribution < 1.29 is 33.5 Å². The number of likely N-dealkylation sites (N-methyl/N-ethyl adjacent to an activating group) is 1. The molecular weight excluding hydrogens is 564 g/mol. The Kier molecular flexibility index (Phi) is 10.1. The van der Waals surface area contributed by atoms with Crippen molar-refractivity contribution in [3.8, 4) is 0 Å². The molecule has 2 amide bonds. The first-order valence-corrected chi connectivity index (χ1v) is 15.3. The minimum atomic E-state index is -1.17. The van der Waals surface area contributed by atoms with E-state index in [1.807, 2.05) is 62.6 Å². The molecule has 10 nitrogen and oxygen atoms in total. The molecule has 1 saturated heterocycles. The highest BCUT2D eigenvalue weighted by Gasteiger charge is 2.53. The van der Waals surface area contributed by atoms with Gasteiger partial charge in [-0.2, -0.15) is 0 Å². The van der Waals surface area contributed by atoms with E-state index in [0.29, 0.717) is 35.4 Å². The van der Waals surface area contributed by atoms with Crippen molar-refractivity contribution in [2.24, 2.45) is 5.73 Å². The largest absolute Gasteiger partial charge is 0.477 e. The number of nitrogens with zero attached hydrogens (tertiary/aromatic N) is 2. The minimum absolute atomic E-state index is 0.0370. The number of ether oxygens (including phenoxy) is 1. The maximum absolute atomic E-state index is 13.0. The number of nitrogens with two attached hydrogens (primary N) is 1. The van der Waals surface area contributed by atoms with Crippen LogP contribution < -0.4 is 11.1 Å². The first-order valence-electron chi connectivity index (χ1n) is 13.3. The summed E-state index contributed by atoms with van der Waals surface area (Å²) in [6.07, 6.45) is 4.34. The van der Waals surface area contributed by atoms with Crippen LogP contribution in [0.4, 0.5) is 0 Å². The Bertz CT molecular complexity index is 1390. The molecule has 1 fully saturated rings. The summed E-state index contributed by atoms with van der Waals surface area (Å²) in [4.78, 5) is 51.2. The van der Waals surface area contributed by atoms with Gasteiger partial charge in [-0.05, 0) is 34.6 Å². The number of allylic oxidation sites excluding steroid dienone is 1. The molecule has 0 saturated carbocycles. The third-order valence-corrected chi connectivity index (χ3v) is 9.16. The van der Waals surface area contributed by atoms with Crippen molar-refractivity contribution in [3.63, 3.8) is 0 Å². The van der Waals surface area contributed by atoms with Gasteiger partial charge >= 0.3 is 11.9 Å². The third kappa shape index (κ3) is 7.70. The van der Waals surface area contributed by atoms with Crippen LogP contribution in [0.25, 0.3) is 10.8 Å². The van der Waals surface area contributed by atoms with Crippen molar-refractivity contribution >= 4 is 58.0 Å². The number of nitrogens with one attached hydrogen (secondary N) is 1. The number of carboxylic acids is 1. The van der Waals surface area contributed by atoms with Gasteiger partial charge in [0, 0.05) is 17.1 Å². The van der Waals surface area contributed by atoms with Gasteiger partial charge in [0.25, 0.3) is 5.91 Å². The Morgan fingerprint density at radius 3 is 2.71 bits per heavy atom. The lowest BCUT2D eigenvalue weighted by Gasteiger charge is -2.49. The van der Waals surface area contributed by atoms with E-state index in [1.54, 1.807) is 6.08 Å². The molecule has 218 valence electrons. The minimum Gasteiger partial charge on any atom is -0.477 e. The quantitative estimate of drug-likeness (QED) is 0.104. The molecule has 2 atom stereocenters. The highest BCUT2D eigenvalue weighted by Crippen LogP contribution is 2.40. The number of hydrogen-bond donors (Lipinski definition) is 3. The van der Waals surface area contributed by atoms with E-state index < -0.39 is 29.3 Å². The summed E-state index contributed by atoms with van der Waals surface area (Å²) in [5.41, 5.74) is 5.76. The number of carbonyl (C=O) groups excluding carboxylic acids is 3. The number of β-lactam (4-membered cyclic amide) rings is 1. The molecule has 2 aromatic carbocycles. The van der Waals surface area contributed by atoms with Gasteiger partial charge in [0.15, 0.2) is 0 Å². The highest BCUT2D eigenvalue weighted by molar-refractivity contribution is 8.00. The average molecular weight is 600 g/mol. The fourth-order valence-electron chi connectivity index (χ4n) is 4.70. The Hall–Kier alpha value is -3.32. The van der Waals surface area contributed by atoms with Crippen molar-refractivity contribution in [2.45, 2.75) is 22.7 Å². The van der Waals surface area contributed by atoms with Gasteiger partial charge in [-0.25, -0.2) is 4.79 Å². The van der Waals surface area contributed by atoms with Crippen molar-refractivity contribution in [1.29, 1.82) is 0 Å². The van der Waals surface area contributed by atoms with Gasteiger partial charge in [0.05, 0.1) is 46.1 Å². The van der Waals surface area contributed by atoms with Crippen LogP contribution >= 0.6 is 23.5 Å². The molecule has 2 heterocycles. The number of rotatable bonds is 13. The first-order chi connectivity index (χ1) is 19.6. The molecule has 4 N–H and O–H groups in total. The SMILES string of the molecule is C[N+](C)(C/C=C/C1=C(C(=O)O)N2C(=O)[C@@H](NC(=O)CSc3ccc4ccccc4c3)[C@H]2SC1)CCCOC(=O)CN. The molecule has 4 rings (SSSR count). The molecule has 0 aliphatic carbocycles. The second kappa shape index (κ2) is 13.6. The van der Waals surface area contributed by atoms with E-state index in [-0.39, 0.29) is 23.9 Å². The Labute approximate surface area is 247 Å². The number of thioether (sulfide) groups is 2. The van der Waals surface area contributed by atoms with Crippen LogP contribution in [0.15, 0.2) is 70.8 Å². The predicted molar refractivity (Wildman–Crippen MR) is 160 cm³/mol. The summed E-state index contributed by atoms with van der Waals surface area (Å²) in [6, 6.07) is 13.2. The van der Waals surface area contributed by atoms with Crippen LogP contribution in [0.1, 0.15) is 6.42 Å². The number of quaternary nitrogens is 1. The second-order valence-corrected chi connectivity index (χ2v) is 12.6. The third-order valence-electron chi connectivity index (χ3n) is 6.86. The zero-order valence-corrected chi connectivity index (χ0v) is 24.7. The van der Waals surface area contributed by atoms with E-state index in [4.69, 9.17) is 10.5 Å². The summed E-state index contributed by atoms with van der Waals surface area (Å²) in [6.45, 7) is 1.52. The van der Waals surface area contributed by atoms with Gasteiger partial charge in [-0.15, -0.1) is 23.5 Å². The fourth-order valence-corrected chi connectivity index (χ4v) is 6.78. The topological polar surface area (TPSA) is 139 Å². The van der Waals surface area contributed by atoms with E-state index in [0.717, 1.165) is 22.2 Å². The number of carboxylic acid groups (broad SMARTS) is 1. The molecule has 0 radical (unpaired) electrons. The number of benzene rings is 2. The van der Waals surface area contributed by atoms with Gasteiger partial charge in [-0.3, -0.25) is 19.3 Å². The lowest BCUT2D eigenvalue weighted by Crippen LogP contribution is -2.70. The molecule has 2 aromatic rings. The van der Waals surface area contributed by atoms with Crippen LogP contribution in [0.2, 0.25) is 0 Å². The molecule has 0 bridgehead atoms. The van der Waals surface area contributed by atoms with Gasteiger partial charge in [-0.1, -0.05) is 36.4 Å². The molecule has 0 spiro atoms. The smallest absolute Gasteiger partial charge is 0.352 e. The summed E-state index contributed by atoms with van der Waals surface area (Å²) in [5.74, 6) is -1.73. The monoisotopic (exact) mass is 599 g/mol. The van der Waals surface area contributed by atoms with Crippen LogP contribution in [-0.4, -0.2) is 102 Å². The first kappa shape index (κ1) is 30.6. The van der Waals surface area contributed by atoms with Crippen molar-refractivity contribution in [1.82, 2.24) is 10.2 Å². The maximum atomic E-state index is 13.0. The van der Waals surface area contributed by atoms with Crippen LogP contribution in [-0.2, 0) is 23.9 Å². The maximum Gasteiger partial charge on any atom is 0.352 e. The van der Waals surface area contributed by atoms with E-state index in [1.165, 1.54) is 28.4 Å². The number of fused-ring (bicyclic) bond motifs is 2. The molecule has 2 aliphatic rings. The summed E-state index contributed by atoms with van der Waals surface area (Å²) in [5, 5.41) is 14.5. The van der Waals surface area contributed by atoms with Gasteiger partial charge < -0.3 is 25.4 Å². The molecule has 0 aromatic heterocycles. The van der Waals surface area contributed by atoms with Crippen LogP contribution in [0.3, 0.4) is 0 Å². The summed E-state index contributed by atoms with van der Waals surface area (Å²) < 4.78 is 5.62. The van der Waals surface area contributed by atoms with Gasteiger partial charge in [0.2, 0.25) is 5.91 Å². The number of hydrogen-bond acceptors (Lipinski definition) is 8. The van der Waals surface area contributed by atoms with Crippen LogP contribution in [0, 0.1) is 0 Å². The van der Waals surface area contributed by atoms with Crippen molar-refractivity contribution in [2.75, 3.05) is 51.8 Å². The standard InChI is InChI=1S/C29H34N4O6S2/c1-33(2,13-6-14-39-24(35)16-30)12-5-9-21-17-41-28-25(27(36)32(28)26(21)29(37)38)31-23(34)18-40-22-11-10-19-7-3-4-8-20(19)15-22/h3-5,7-11,15,25,28H,6,12-14,16-18,30H2,1-2H3,(H-,31,34,37,38)/p+1/b9-5+/t25-,28-/m1/s1. The number of amides is 2. The zero-order chi connectivity index (χ0) is 29.6. The lowest BCUT2D eigenvalue weighted by molar-refractivity contribution is -0.884. The molecule has 41 heavy (non-hydrogen) atoms.